The molecular formula is C31H40ClN3O5. The van der Waals surface area contributed by atoms with Crippen LogP contribution in [0.5, 0.6) is 0 Å². The van der Waals surface area contributed by atoms with Crippen molar-refractivity contribution in [2.45, 2.75) is 90.4 Å². The number of halogens is 1. The Morgan fingerprint density at radius 3 is 2.48 bits per heavy atom. The molecular weight excluding hydrogens is 530 g/mol. The molecule has 1 saturated heterocycles. The van der Waals surface area contributed by atoms with Crippen LogP contribution in [0.4, 0.5) is 5.69 Å². The van der Waals surface area contributed by atoms with E-state index in [0.29, 0.717) is 40.4 Å². The van der Waals surface area contributed by atoms with Gasteiger partial charge in [0.25, 0.3) is 0 Å². The second-order valence-electron chi connectivity index (χ2n) is 13.3. The van der Waals surface area contributed by atoms with E-state index in [2.05, 4.69) is 31.2 Å². The third-order valence-corrected chi connectivity index (χ3v) is 8.89. The van der Waals surface area contributed by atoms with Gasteiger partial charge in [-0.1, -0.05) is 43.6 Å². The molecule has 5 rings (SSSR count). The number of aliphatic carboxylic acids is 1. The summed E-state index contributed by atoms with van der Waals surface area (Å²) >= 11 is 6.41. The lowest BCUT2D eigenvalue weighted by atomic mass is 9.66. The van der Waals surface area contributed by atoms with Crippen molar-refractivity contribution < 1.29 is 24.0 Å². The number of amides is 2. The maximum absolute atomic E-state index is 13.7. The highest BCUT2D eigenvalue weighted by Crippen LogP contribution is 2.54. The van der Waals surface area contributed by atoms with Crippen molar-refractivity contribution >= 4 is 35.1 Å². The first-order valence-electron chi connectivity index (χ1n) is 14.5. The van der Waals surface area contributed by atoms with Crippen LogP contribution in [0.2, 0.25) is 5.02 Å². The second kappa shape index (κ2) is 11.2. The monoisotopic (exact) mass is 569 g/mol. The summed E-state index contributed by atoms with van der Waals surface area (Å²) in [6, 6.07) is 5.46. The first-order valence-corrected chi connectivity index (χ1v) is 14.8. The standard InChI is InChI=1S/C31H40ClN3O5/c1-17-5-8-24(23(32)11-17)33-30(39)22-16-35(25(36)9-10-26(37)38)15-21(22)28-27(19-6-7-19)29(40-34-28)20-12-18(13-20)14-31(2,3)4/h5,8,11,18-22H,6-7,9-10,12-16H2,1-4H3,(H,33,39)(H,37,38)/t18?,20?,21-,22-/m0/s1. The number of anilines is 1. The Morgan fingerprint density at radius 1 is 1.12 bits per heavy atom. The number of aryl methyl sites for hydroxylation is 1. The minimum Gasteiger partial charge on any atom is -0.481 e. The Labute approximate surface area is 240 Å². The topological polar surface area (TPSA) is 113 Å². The third-order valence-electron chi connectivity index (χ3n) is 8.57. The zero-order valence-corrected chi connectivity index (χ0v) is 24.6. The van der Waals surface area contributed by atoms with Crippen LogP contribution in [0.15, 0.2) is 22.7 Å². The molecule has 216 valence electrons. The summed E-state index contributed by atoms with van der Waals surface area (Å²) in [6.45, 7) is 9.27. The van der Waals surface area contributed by atoms with E-state index in [1.165, 1.54) is 6.42 Å². The zero-order chi connectivity index (χ0) is 28.8. The molecule has 1 aromatic carbocycles. The van der Waals surface area contributed by atoms with Crippen molar-refractivity contribution in [2.24, 2.45) is 17.3 Å². The molecule has 2 atom stereocenters. The lowest BCUT2D eigenvalue weighted by molar-refractivity contribution is -0.140. The highest BCUT2D eigenvalue weighted by molar-refractivity contribution is 6.33. The van der Waals surface area contributed by atoms with Crippen molar-refractivity contribution in [3.8, 4) is 0 Å². The molecule has 0 radical (unpaired) electrons. The number of likely N-dealkylation sites (tertiary alicyclic amines) is 1. The SMILES string of the molecule is Cc1ccc(NC(=O)[C@H]2CN(C(=O)CCC(=O)O)C[C@@H]2c2noc(C3CC(CC(C)(C)C)C3)c2C2CC2)c(Cl)c1. The smallest absolute Gasteiger partial charge is 0.303 e. The quantitative estimate of drug-likeness (QED) is 0.357. The van der Waals surface area contributed by atoms with Crippen molar-refractivity contribution in [3.63, 3.8) is 0 Å². The van der Waals surface area contributed by atoms with E-state index >= 15 is 0 Å². The lowest BCUT2D eigenvalue weighted by Gasteiger charge is -2.38. The van der Waals surface area contributed by atoms with Crippen LogP contribution >= 0.6 is 11.6 Å². The van der Waals surface area contributed by atoms with E-state index in [-0.39, 0.29) is 37.1 Å². The number of aromatic nitrogens is 1. The Balaban J connectivity index is 1.40. The minimum atomic E-state index is -1.02. The number of carboxylic acids is 1. The summed E-state index contributed by atoms with van der Waals surface area (Å²) in [7, 11) is 0. The summed E-state index contributed by atoms with van der Waals surface area (Å²) in [5.74, 6) is -0.0389. The third kappa shape index (κ3) is 6.37. The maximum Gasteiger partial charge on any atom is 0.303 e. The fourth-order valence-electron chi connectivity index (χ4n) is 6.52. The summed E-state index contributed by atoms with van der Waals surface area (Å²) in [4.78, 5) is 39.4. The molecule has 0 bridgehead atoms. The first kappa shape index (κ1) is 28.7. The average molecular weight is 570 g/mol. The molecule has 2 aliphatic carbocycles. The van der Waals surface area contributed by atoms with Gasteiger partial charge in [-0.25, -0.2) is 0 Å². The van der Waals surface area contributed by atoms with Gasteiger partial charge in [-0.05, 0) is 74.0 Å². The molecule has 2 N–H and O–H groups in total. The highest BCUT2D eigenvalue weighted by Gasteiger charge is 2.47. The fraction of sp³-hybridized carbons (Fsp3) is 0.613. The molecule has 3 aliphatic rings. The zero-order valence-electron chi connectivity index (χ0n) is 23.8. The largest absolute Gasteiger partial charge is 0.481 e. The van der Waals surface area contributed by atoms with E-state index in [0.717, 1.165) is 48.3 Å². The predicted octanol–water partition coefficient (Wildman–Crippen LogP) is 6.49. The van der Waals surface area contributed by atoms with Crippen molar-refractivity contribution in [1.29, 1.82) is 0 Å². The number of rotatable bonds is 9. The van der Waals surface area contributed by atoms with Gasteiger partial charge < -0.3 is 19.8 Å². The molecule has 8 nitrogen and oxygen atoms in total. The number of carboxylic acid groups (broad SMARTS) is 1. The van der Waals surface area contributed by atoms with E-state index in [9.17, 15) is 14.4 Å². The number of hydrogen-bond acceptors (Lipinski definition) is 5. The fourth-order valence-corrected chi connectivity index (χ4v) is 6.80. The molecule has 2 heterocycles. The van der Waals surface area contributed by atoms with E-state index in [4.69, 9.17) is 21.2 Å². The number of carbonyl (C=O) groups is 3. The Hall–Kier alpha value is -2.87. The van der Waals surface area contributed by atoms with Gasteiger partial charge in [0, 0.05) is 36.9 Å². The van der Waals surface area contributed by atoms with E-state index in [1.807, 2.05) is 13.0 Å². The number of hydrogen-bond donors (Lipinski definition) is 2. The average Bonchev–Trinajstić information content (AvgIpc) is 3.43. The molecule has 0 spiro atoms. The Kier molecular flexibility index (Phi) is 8.01. The number of nitrogens with one attached hydrogen (secondary N) is 1. The number of nitrogens with zero attached hydrogens (tertiary/aromatic N) is 2. The van der Waals surface area contributed by atoms with Gasteiger partial charge in [0.15, 0.2) is 0 Å². The molecule has 1 aromatic heterocycles. The molecule has 0 unspecified atom stereocenters. The molecule has 9 heteroatoms. The van der Waals surface area contributed by atoms with Crippen molar-refractivity contribution in [2.75, 3.05) is 18.4 Å². The first-order chi connectivity index (χ1) is 18.9. The summed E-state index contributed by atoms with van der Waals surface area (Å²) < 4.78 is 6.06. The Bertz CT molecular complexity index is 1290. The summed E-state index contributed by atoms with van der Waals surface area (Å²) in [5, 5.41) is 17.1. The maximum atomic E-state index is 13.7. The molecule has 2 aromatic rings. The van der Waals surface area contributed by atoms with Crippen molar-refractivity contribution in [3.05, 3.63) is 45.8 Å². The predicted molar refractivity (Wildman–Crippen MR) is 153 cm³/mol. The van der Waals surface area contributed by atoms with Gasteiger partial charge in [0.05, 0.1) is 28.7 Å². The minimum absolute atomic E-state index is 0.100. The summed E-state index contributed by atoms with van der Waals surface area (Å²) in [6.07, 6.45) is 5.17. The molecule has 3 fully saturated rings. The molecule has 1 aliphatic heterocycles. The van der Waals surface area contributed by atoms with Crippen LogP contribution in [0.1, 0.15) is 106 Å². The normalized spacial score (nSPS) is 24.6. The van der Waals surface area contributed by atoms with Crippen LogP contribution in [0.25, 0.3) is 0 Å². The molecule has 40 heavy (non-hydrogen) atoms. The van der Waals surface area contributed by atoms with Gasteiger partial charge in [-0.15, -0.1) is 0 Å². The van der Waals surface area contributed by atoms with Gasteiger partial charge in [0.1, 0.15) is 5.76 Å². The van der Waals surface area contributed by atoms with Crippen LogP contribution < -0.4 is 5.32 Å². The molecule has 2 saturated carbocycles. The van der Waals surface area contributed by atoms with Crippen molar-refractivity contribution in [1.82, 2.24) is 10.1 Å². The van der Waals surface area contributed by atoms with Gasteiger partial charge in [-0.3, -0.25) is 14.4 Å². The van der Waals surface area contributed by atoms with Crippen LogP contribution in [-0.2, 0) is 14.4 Å². The highest BCUT2D eigenvalue weighted by atomic mass is 35.5. The van der Waals surface area contributed by atoms with Gasteiger partial charge in [0.2, 0.25) is 11.8 Å². The number of carbonyl (C=O) groups excluding carboxylic acids is 2. The summed E-state index contributed by atoms with van der Waals surface area (Å²) in [5.41, 5.74) is 3.75. The number of benzene rings is 1. The van der Waals surface area contributed by atoms with Gasteiger partial charge >= 0.3 is 5.97 Å². The lowest BCUT2D eigenvalue weighted by Crippen LogP contribution is -2.32. The van der Waals surface area contributed by atoms with Gasteiger partial charge in [-0.2, -0.15) is 0 Å². The van der Waals surface area contributed by atoms with E-state index < -0.39 is 11.9 Å². The molecule has 2 amide bonds. The Morgan fingerprint density at radius 2 is 1.85 bits per heavy atom. The second-order valence-corrected chi connectivity index (χ2v) is 13.7. The van der Waals surface area contributed by atoms with Crippen LogP contribution in [0, 0.1) is 24.2 Å². The van der Waals surface area contributed by atoms with E-state index in [1.54, 1.807) is 17.0 Å². The van der Waals surface area contributed by atoms with Crippen LogP contribution in [-0.4, -0.2) is 46.0 Å². The van der Waals surface area contributed by atoms with Crippen LogP contribution in [0.3, 0.4) is 0 Å².